The molecular weight excluding hydrogens is 318 g/mol. The quantitative estimate of drug-likeness (QED) is 0.668. The van der Waals surface area contributed by atoms with E-state index in [1.165, 1.54) is 4.90 Å². The standard InChI is InChI=1S/C16H29NO7/c1-15(2,3)24-14(21)17-7-12-13(23-16(4,5)22-12)9(17)6-10(19)11(20)8-18/h9-13,18-20H,6-8H2,1-5H3/t9-,10+,11+,12-,13+/m0/s1. The van der Waals surface area contributed by atoms with Gasteiger partial charge >= 0.3 is 6.09 Å². The lowest BCUT2D eigenvalue weighted by Gasteiger charge is -2.33. The van der Waals surface area contributed by atoms with Crippen molar-refractivity contribution in [1.29, 1.82) is 0 Å². The Morgan fingerprint density at radius 1 is 1.29 bits per heavy atom. The molecule has 2 rings (SSSR count). The van der Waals surface area contributed by atoms with Gasteiger partial charge in [-0.2, -0.15) is 0 Å². The zero-order chi connectivity index (χ0) is 18.3. The van der Waals surface area contributed by atoms with Crippen LogP contribution >= 0.6 is 0 Å². The molecule has 8 heteroatoms. The predicted octanol–water partition coefficient (Wildman–Crippen LogP) is 0.230. The molecule has 8 nitrogen and oxygen atoms in total. The number of hydrogen-bond donors (Lipinski definition) is 3. The molecule has 0 spiro atoms. The molecular formula is C16H29NO7. The van der Waals surface area contributed by atoms with E-state index in [0.29, 0.717) is 0 Å². The van der Waals surface area contributed by atoms with Crippen molar-refractivity contribution >= 4 is 6.09 Å². The first-order valence-corrected chi connectivity index (χ1v) is 8.26. The number of carbonyl (C=O) groups excluding carboxylic acids is 1. The third-order valence-corrected chi connectivity index (χ3v) is 4.12. The number of rotatable bonds is 4. The summed E-state index contributed by atoms with van der Waals surface area (Å²) in [5, 5.41) is 28.7. The fourth-order valence-corrected chi connectivity index (χ4v) is 3.16. The maximum atomic E-state index is 12.5. The lowest BCUT2D eigenvalue weighted by molar-refractivity contribution is -0.163. The Hall–Kier alpha value is -0.930. The Morgan fingerprint density at radius 3 is 2.46 bits per heavy atom. The Balaban J connectivity index is 2.16. The molecule has 2 aliphatic rings. The number of likely N-dealkylation sites (tertiary alicyclic amines) is 1. The molecule has 24 heavy (non-hydrogen) atoms. The van der Waals surface area contributed by atoms with E-state index in [0.717, 1.165) is 0 Å². The van der Waals surface area contributed by atoms with Crippen molar-refractivity contribution in [2.45, 2.75) is 82.9 Å². The summed E-state index contributed by atoms with van der Waals surface area (Å²) in [4.78, 5) is 14.0. The third-order valence-electron chi connectivity index (χ3n) is 4.12. The van der Waals surface area contributed by atoms with Crippen molar-refractivity contribution < 1.29 is 34.3 Å². The summed E-state index contributed by atoms with van der Waals surface area (Å²) in [6.45, 7) is 8.64. The zero-order valence-electron chi connectivity index (χ0n) is 14.9. The molecule has 0 radical (unpaired) electrons. The van der Waals surface area contributed by atoms with Gasteiger partial charge in [-0.1, -0.05) is 0 Å². The first kappa shape index (κ1) is 19.4. The molecule has 0 aliphatic carbocycles. The average molecular weight is 347 g/mol. The van der Waals surface area contributed by atoms with Gasteiger partial charge in [-0.05, 0) is 41.0 Å². The van der Waals surface area contributed by atoms with Crippen LogP contribution < -0.4 is 0 Å². The van der Waals surface area contributed by atoms with Gasteiger partial charge in [-0.25, -0.2) is 4.79 Å². The third kappa shape index (κ3) is 4.37. The highest BCUT2D eigenvalue weighted by atomic mass is 16.8. The summed E-state index contributed by atoms with van der Waals surface area (Å²) in [5.41, 5.74) is -0.649. The van der Waals surface area contributed by atoms with E-state index >= 15 is 0 Å². The number of ether oxygens (including phenoxy) is 3. The molecule has 0 bridgehead atoms. The minimum Gasteiger partial charge on any atom is -0.444 e. The topological polar surface area (TPSA) is 109 Å². The molecule has 0 aromatic carbocycles. The van der Waals surface area contributed by atoms with Gasteiger partial charge in [0.2, 0.25) is 0 Å². The SMILES string of the molecule is CC(C)(C)OC(=O)N1C[C@@H]2OC(C)(C)O[C@@H]2[C@@H]1C[C@@H](O)[C@H](O)CO. The maximum absolute atomic E-state index is 12.5. The Kier molecular flexibility index (Phi) is 5.46. The molecule has 2 aliphatic heterocycles. The second-order valence-corrected chi connectivity index (χ2v) is 7.89. The summed E-state index contributed by atoms with van der Waals surface area (Å²) in [6.07, 6.45) is -3.67. The summed E-state index contributed by atoms with van der Waals surface area (Å²) >= 11 is 0. The van der Waals surface area contributed by atoms with Crippen LogP contribution in [0.1, 0.15) is 41.0 Å². The van der Waals surface area contributed by atoms with E-state index in [1.807, 2.05) is 0 Å². The number of aliphatic hydroxyl groups is 3. The molecule has 1 amide bonds. The van der Waals surface area contributed by atoms with Crippen LogP contribution in [0.15, 0.2) is 0 Å². The Labute approximate surface area is 142 Å². The monoisotopic (exact) mass is 347 g/mol. The van der Waals surface area contributed by atoms with Gasteiger partial charge in [-0.15, -0.1) is 0 Å². The number of amides is 1. The van der Waals surface area contributed by atoms with Gasteiger partial charge in [-0.3, -0.25) is 4.90 Å². The molecule has 0 saturated carbocycles. The molecule has 140 valence electrons. The second-order valence-electron chi connectivity index (χ2n) is 7.89. The van der Waals surface area contributed by atoms with Crippen LogP contribution in [0, 0.1) is 0 Å². The van der Waals surface area contributed by atoms with Crippen molar-refractivity contribution in [3.8, 4) is 0 Å². The number of nitrogens with zero attached hydrogens (tertiary/aromatic N) is 1. The van der Waals surface area contributed by atoms with Crippen molar-refractivity contribution in [2.24, 2.45) is 0 Å². The number of carbonyl (C=O) groups is 1. The molecule has 5 atom stereocenters. The number of aliphatic hydroxyl groups excluding tert-OH is 3. The predicted molar refractivity (Wildman–Crippen MR) is 84.3 cm³/mol. The van der Waals surface area contributed by atoms with Crippen molar-refractivity contribution in [3.63, 3.8) is 0 Å². The number of hydrogen-bond acceptors (Lipinski definition) is 7. The lowest BCUT2D eigenvalue weighted by Crippen LogP contribution is -2.47. The van der Waals surface area contributed by atoms with Crippen LogP contribution in [0.2, 0.25) is 0 Å². The summed E-state index contributed by atoms with van der Waals surface area (Å²) < 4.78 is 17.1. The van der Waals surface area contributed by atoms with E-state index in [9.17, 15) is 15.0 Å². The smallest absolute Gasteiger partial charge is 0.410 e. The number of fused-ring (bicyclic) bond motifs is 1. The molecule has 2 heterocycles. The maximum Gasteiger partial charge on any atom is 0.410 e. The van der Waals surface area contributed by atoms with Gasteiger partial charge in [0.1, 0.15) is 23.9 Å². The van der Waals surface area contributed by atoms with Crippen molar-refractivity contribution in [3.05, 3.63) is 0 Å². The largest absolute Gasteiger partial charge is 0.444 e. The van der Waals surface area contributed by atoms with Crippen LogP contribution in [0.4, 0.5) is 4.79 Å². The van der Waals surface area contributed by atoms with Crippen LogP contribution in [-0.4, -0.2) is 81.3 Å². The highest BCUT2D eigenvalue weighted by Crippen LogP contribution is 2.39. The molecule has 3 N–H and O–H groups in total. The van der Waals surface area contributed by atoms with E-state index in [4.69, 9.17) is 19.3 Å². The second kappa shape index (κ2) is 6.76. The lowest BCUT2D eigenvalue weighted by atomic mass is 10.0. The summed E-state index contributed by atoms with van der Waals surface area (Å²) in [7, 11) is 0. The summed E-state index contributed by atoms with van der Waals surface area (Å²) in [6, 6.07) is -0.511. The molecule has 0 aromatic rings. The van der Waals surface area contributed by atoms with Gasteiger partial charge < -0.3 is 29.5 Å². The van der Waals surface area contributed by atoms with E-state index < -0.39 is 48.4 Å². The Bertz CT molecular complexity index is 462. The first-order chi connectivity index (χ1) is 10.9. The molecule has 0 unspecified atom stereocenters. The normalized spacial score (nSPS) is 31.7. The van der Waals surface area contributed by atoms with Gasteiger partial charge in [0.05, 0.1) is 25.3 Å². The fourth-order valence-electron chi connectivity index (χ4n) is 3.16. The molecule has 0 aromatic heterocycles. The van der Waals surface area contributed by atoms with Gasteiger partial charge in [0.15, 0.2) is 5.79 Å². The van der Waals surface area contributed by atoms with Crippen LogP contribution in [0.5, 0.6) is 0 Å². The van der Waals surface area contributed by atoms with Crippen LogP contribution in [0.3, 0.4) is 0 Å². The summed E-state index contributed by atoms with van der Waals surface area (Å²) in [5.74, 6) is -0.770. The minimum atomic E-state index is -1.28. The van der Waals surface area contributed by atoms with Crippen molar-refractivity contribution in [2.75, 3.05) is 13.2 Å². The highest BCUT2D eigenvalue weighted by Gasteiger charge is 2.55. The van der Waals surface area contributed by atoms with Gasteiger partial charge in [0.25, 0.3) is 0 Å². The zero-order valence-corrected chi connectivity index (χ0v) is 14.9. The molecule has 2 fully saturated rings. The fraction of sp³-hybridized carbons (Fsp3) is 0.938. The average Bonchev–Trinajstić information content (AvgIpc) is 2.89. The first-order valence-electron chi connectivity index (χ1n) is 8.26. The van der Waals surface area contributed by atoms with Crippen LogP contribution in [-0.2, 0) is 14.2 Å². The minimum absolute atomic E-state index is 0.0571. The van der Waals surface area contributed by atoms with E-state index in [2.05, 4.69) is 0 Å². The van der Waals surface area contributed by atoms with Crippen molar-refractivity contribution in [1.82, 2.24) is 4.90 Å². The van der Waals surface area contributed by atoms with E-state index in [1.54, 1.807) is 34.6 Å². The highest BCUT2D eigenvalue weighted by molar-refractivity contribution is 5.69. The Morgan fingerprint density at radius 2 is 1.92 bits per heavy atom. The van der Waals surface area contributed by atoms with E-state index in [-0.39, 0.29) is 19.1 Å². The van der Waals surface area contributed by atoms with Crippen LogP contribution in [0.25, 0.3) is 0 Å². The molecule has 2 saturated heterocycles. The van der Waals surface area contributed by atoms with Gasteiger partial charge in [0, 0.05) is 0 Å².